The zero-order valence-corrected chi connectivity index (χ0v) is 11.7. The molecular formula is C17H16N2O2. The standard InChI is InChI=1S/C17H16N2O2/c1-13(14-8-4-2-5-9-14)12-16(20)18-19-17(21)15-10-6-3-7-11-15/h2-12H,1H3,(H,18,20)(H,19,21)/b13-12-. The maximum atomic E-state index is 11.8. The van der Waals surface area contributed by atoms with E-state index < -0.39 is 0 Å². The van der Waals surface area contributed by atoms with Gasteiger partial charge in [-0.25, -0.2) is 0 Å². The van der Waals surface area contributed by atoms with Crippen molar-refractivity contribution in [2.45, 2.75) is 6.92 Å². The summed E-state index contributed by atoms with van der Waals surface area (Å²) in [6.45, 7) is 1.84. The van der Waals surface area contributed by atoms with Gasteiger partial charge in [-0.1, -0.05) is 48.5 Å². The Kier molecular flexibility index (Phi) is 4.88. The fraction of sp³-hybridized carbons (Fsp3) is 0.0588. The van der Waals surface area contributed by atoms with Crippen LogP contribution in [0.2, 0.25) is 0 Å². The van der Waals surface area contributed by atoms with Gasteiger partial charge in [-0.05, 0) is 30.2 Å². The second kappa shape index (κ2) is 7.05. The van der Waals surface area contributed by atoms with Gasteiger partial charge in [0.2, 0.25) is 0 Å². The summed E-state index contributed by atoms with van der Waals surface area (Å²) in [6.07, 6.45) is 1.45. The molecule has 0 heterocycles. The van der Waals surface area contributed by atoms with Gasteiger partial charge in [0.1, 0.15) is 0 Å². The van der Waals surface area contributed by atoms with E-state index in [2.05, 4.69) is 10.9 Å². The Morgan fingerprint density at radius 2 is 1.33 bits per heavy atom. The third-order valence-corrected chi connectivity index (χ3v) is 2.91. The van der Waals surface area contributed by atoms with E-state index in [1.165, 1.54) is 6.08 Å². The maximum absolute atomic E-state index is 11.8. The van der Waals surface area contributed by atoms with Gasteiger partial charge in [0.05, 0.1) is 0 Å². The Hall–Kier alpha value is -2.88. The molecule has 0 aliphatic carbocycles. The first-order valence-corrected chi connectivity index (χ1v) is 6.56. The van der Waals surface area contributed by atoms with Crippen LogP contribution in [0.5, 0.6) is 0 Å². The Morgan fingerprint density at radius 1 is 0.810 bits per heavy atom. The summed E-state index contributed by atoms with van der Waals surface area (Å²) in [6, 6.07) is 18.2. The molecule has 2 N–H and O–H groups in total. The average Bonchev–Trinajstić information content (AvgIpc) is 2.54. The molecule has 2 aromatic rings. The number of allylic oxidation sites excluding steroid dienone is 1. The summed E-state index contributed by atoms with van der Waals surface area (Å²) >= 11 is 0. The average molecular weight is 280 g/mol. The van der Waals surface area contributed by atoms with E-state index in [-0.39, 0.29) is 11.8 Å². The van der Waals surface area contributed by atoms with Crippen molar-refractivity contribution < 1.29 is 9.59 Å². The van der Waals surface area contributed by atoms with Crippen molar-refractivity contribution >= 4 is 17.4 Å². The second-order valence-electron chi connectivity index (χ2n) is 4.50. The van der Waals surface area contributed by atoms with Crippen LogP contribution in [0.4, 0.5) is 0 Å². The number of rotatable bonds is 3. The van der Waals surface area contributed by atoms with Crippen molar-refractivity contribution in [3.63, 3.8) is 0 Å². The van der Waals surface area contributed by atoms with Crippen LogP contribution in [0, 0.1) is 0 Å². The predicted molar refractivity (Wildman–Crippen MR) is 82.1 cm³/mol. The highest BCUT2D eigenvalue weighted by Crippen LogP contribution is 2.11. The Morgan fingerprint density at radius 3 is 1.90 bits per heavy atom. The Balaban J connectivity index is 1.92. The number of benzene rings is 2. The van der Waals surface area contributed by atoms with Crippen molar-refractivity contribution in [2.75, 3.05) is 0 Å². The van der Waals surface area contributed by atoms with Crippen LogP contribution in [0.1, 0.15) is 22.8 Å². The molecule has 0 aliphatic heterocycles. The first-order chi connectivity index (χ1) is 10.2. The second-order valence-corrected chi connectivity index (χ2v) is 4.50. The molecule has 0 saturated heterocycles. The summed E-state index contributed by atoms with van der Waals surface area (Å²) in [5.74, 6) is -0.727. The molecule has 4 nitrogen and oxygen atoms in total. The molecule has 2 aromatic carbocycles. The first kappa shape index (κ1) is 14.5. The molecule has 0 radical (unpaired) electrons. The van der Waals surface area contributed by atoms with Gasteiger partial charge < -0.3 is 0 Å². The molecule has 2 rings (SSSR count). The van der Waals surface area contributed by atoms with Gasteiger partial charge in [-0.2, -0.15) is 0 Å². The lowest BCUT2D eigenvalue weighted by molar-refractivity contribution is -0.117. The number of nitrogens with one attached hydrogen (secondary N) is 2. The molecule has 0 saturated carbocycles. The Labute approximate surface area is 123 Å². The topological polar surface area (TPSA) is 58.2 Å². The molecule has 0 aromatic heterocycles. The van der Waals surface area contributed by atoms with Crippen molar-refractivity contribution in [1.29, 1.82) is 0 Å². The normalized spacial score (nSPS) is 10.8. The summed E-state index contributed by atoms with van der Waals surface area (Å²) in [4.78, 5) is 23.5. The highest BCUT2D eigenvalue weighted by atomic mass is 16.2. The number of hydrazine groups is 1. The van der Waals surface area contributed by atoms with E-state index in [1.54, 1.807) is 24.3 Å². The van der Waals surface area contributed by atoms with Crippen LogP contribution >= 0.6 is 0 Å². The SMILES string of the molecule is C/C(=C/C(=O)NNC(=O)c1ccccc1)c1ccccc1. The number of carbonyl (C=O) groups excluding carboxylic acids is 2. The van der Waals surface area contributed by atoms with E-state index in [0.29, 0.717) is 5.56 Å². The molecule has 0 unspecified atom stereocenters. The zero-order chi connectivity index (χ0) is 15.1. The maximum Gasteiger partial charge on any atom is 0.269 e. The third kappa shape index (κ3) is 4.31. The predicted octanol–water partition coefficient (Wildman–Crippen LogP) is 2.55. The minimum Gasteiger partial charge on any atom is -0.268 e. The van der Waals surface area contributed by atoms with Gasteiger partial charge >= 0.3 is 0 Å². The molecular weight excluding hydrogens is 264 g/mol. The summed E-state index contributed by atoms with van der Waals surface area (Å²) in [7, 11) is 0. The smallest absolute Gasteiger partial charge is 0.268 e. The summed E-state index contributed by atoms with van der Waals surface area (Å²) in [5, 5.41) is 0. The van der Waals surface area contributed by atoms with Crippen LogP contribution in [-0.4, -0.2) is 11.8 Å². The third-order valence-electron chi connectivity index (χ3n) is 2.91. The van der Waals surface area contributed by atoms with Gasteiger partial charge in [0, 0.05) is 11.6 Å². The largest absolute Gasteiger partial charge is 0.269 e. The van der Waals surface area contributed by atoms with E-state index in [9.17, 15) is 9.59 Å². The molecule has 21 heavy (non-hydrogen) atoms. The minimum atomic E-state index is -0.374. The minimum absolute atomic E-state index is 0.352. The van der Waals surface area contributed by atoms with Gasteiger partial charge in [0.15, 0.2) is 0 Å². The van der Waals surface area contributed by atoms with E-state index in [4.69, 9.17) is 0 Å². The van der Waals surface area contributed by atoms with E-state index in [0.717, 1.165) is 11.1 Å². The number of amides is 2. The number of hydrogen-bond donors (Lipinski definition) is 2. The van der Waals surface area contributed by atoms with Crippen molar-refractivity contribution in [1.82, 2.24) is 10.9 Å². The lowest BCUT2D eigenvalue weighted by Crippen LogP contribution is -2.40. The molecule has 2 amide bonds. The van der Waals surface area contributed by atoms with Crippen molar-refractivity contribution in [3.05, 3.63) is 77.9 Å². The molecule has 0 fully saturated rings. The quantitative estimate of drug-likeness (QED) is 0.670. The molecule has 106 valence electrons. The van der Waals surface area contributed by atoms with Crippen LogP contribution in [0.3, 0.4) is 0 Å². The van der Waals surface area contributed by atoms with Crippen LogP contribution < -0.4 is 10.9 Å². The Bertz CT molecular complexity index is 649. The fourth-order valence-electron chi connectivity index (χ4n) is 1.80. The molecule has 0 atom stereocenters. The molecule has 0 bridgehead atoms. The van der Waals surface area contributed by atoms with E-state index >= 15 is 0 Å². The van der Waals surface area contributed by atoms with Crippen molar-refractivity contribution in [3.8, 4) is 0 Å². The highest BCUT2D eigenvalue weighted by molar-refractivity contribution is 5.99. The lowest BCUT2D eigenvalue weighted by Gasteiger charge is -2.06. The van der Waals surface area contributed by atoms with Crippen LogP contribution in [0.25, 0.3) is 5.57 Å². The number of carbonyl (C=O) groups is 2. The summed E-state index contributed by atoms with van der Waals surface area (Å²) in [5.41, 5.74) is 7.01. The van der Waals surface area contributed by atoms with Crippen LogP contribution in [0.15, 0.2) is 66.7 Å². The fourth-order valence-corrected chi connectivity index (χ4v) is 1.80. The monoisotopic (exact) mass is 280 g/mol. The summed E-state index contributed by atoms with van der Waals surface area (Å²) < 4.78 is 0. The van der Waals surface area contributed by atoms with Gasteiger partial charge in [0.25, 0.3) is 11.8 Å². The first-order valence-electron chi connectivity index (χ1n) is 6.56. The molecule has 0 spiro atoms. The molecule has 4 heteroatoms. The number of hydrogen-bond acceptors (Lipinski definition) is 2. The molecule has 0 aliphatic rings. The van der Waals surface area contributed by atoms with Gasteiger partial charge in [-0.15, -0.1) is 0 Å². The van der Waals surface area contributed by atoms with Gasteiger partial charge in [-0.3, -0.25) is 20.4 Å². The van der Waals surface area contributed by atoms with Crippen LogP contribution in [-0.2, 0) is 4.79 Å². The zero-order valence-electron chi connectivity index (χ0n) is 11.7. The highest BCUT2D eigenvalue weighted by Gasteiger charge is 2.05. The van der Waals surface area contributed by atoms with E-state index in [1.807, 2.05) is 43.3 Å². The lowest BCUT2D eigenvalue weighted by atomic mass is 10.1. The van der Waals surface area contributed by atoms with Crippen molar-refractivity contribution in [2.24, 2.45) is 0 Å².